The van der Waals surface area contributed by atoms with E-state index in [4.69, 9.17) is 16.0 Å². The number of carbonyl (C=O) groups excluding carboxylic acids is 1. The second-order valence-corrected chi connectivity index (χ2v) is 10.6. The number of hydrogen-bond acceptors (Lipinski definition) is 8. The minimum Gasteiger partial charge on any atom is -0.461 e. The van der Waals surface area contributed by atoms with Gasteiger partial charge in [-0.05, 0) is 62.7 Å². The number of carbonyl (C=O) groups is 1. The summed E-state index contributed by atoms with van der Waals surface area (Å²) in [5.41, 5.74) is 2.37. The van der Waals surface area contributed by atoms with Gasteiger partial charge in [-0.15, -0.1) is 21.5 Å². The largest absolute Gasteiger partial charge is 0.461 e. The molecular weight excluding hydrogens is 504 g/mol. The van der Waals surface area contributed by atoms with Crippen LogP contribution in [0.3, 0.4) is 0 Å². The topological polar surface area (TPSA) is 89.1 Å². The number of halogens is 1. The van der Waals surface area contributed by atoms with E-state index in [0.717, 1.165) is 35.9 Å². The molecule has 11 heteroatoms. The molecule has 5 rings (SSSR count). The van der Waals surface area contributed by atoms with Gasteiger partial charge < -0.3 is 14.6 Å². The fourth-order valence-electron chi connectivity index (χ4n) is 4.00. The highest BCUT2D eigenvalue weighted by molar-refractivity contribution is 7.98. The number of nitrogens with zero attached hydrogens (tertiary/aromatic N) is 5. The van der Waals surface area contributed by atoms with Crippen LogP contribution in [0.25, 0.3) is 17.3 Å². The maximum Gasteiger partial charge on any atom is 0.270 e. The van der Waals surface area contributed by atoms with E-state index in [1.807, 2.05) is 41.8 Å². The maximum absolute atomic E-state index is 12.5. The third kappa shape index (κ3) is 5.61. The molecular formula is C24H25ClN6O2S2. The molecule has 1 amide bonds. The zero-order chi connectivity index (χ0) is 24.2. The normalized spacial score (nSPS) is 14.0. The van der Waals surface area contributed by atoms with Crippen molar-refractivity contribution in [2.45, 2.75) is 30.7 Å². The van der Waals surface area contributed by atoms with Crippen molar-refractivity contribution in [3.05, 3.63) is 63.3 Å². The molecule has 35 heavy (non-hydrogen) atoms. The average Bonchev–Trinajstić information content (AvgIpc) is 3.66. The molecule has 1 fully saturated rings. The van der Waals surface area contributed by atoms with E-state index in [1.165, 1.54) is 35.9 Å². The molecule has 4 aromatic rings. The fraction of sp³-hybridized carbons (Fsp3) is 0.333. The first-order chi connectivity index (χ1) is 17.1. The van der Waals surface area contributed by atoms with E-state index in [2.05, 4.69) is 25.4 Å². The van der Waals surface area contributed by atoms with Gasteiger partial charge in [0.1, 0.15) is 10.7 Å². The van der Waals surface area contributed by atoms with E-state index < -0.39 is 0 Å². The van der Waals surface area contributed by atoms with Crippen molar-refractivity contribution >= 4 is 40.6 Å². The summed E-state index contributed by atoms with van der Waals surface area (Å²) in [6.07, 6.45) is 4.10. The SMILES string of the molecule is Cc1ccc(Cl)cc1-n1c(SCc2nc(C(=O)NCCN3CCCC3)cs2)nnc1-c1ccco1. The molecule has 182 valence electrons. The van der Waals surface area contributed by atoms with Gasteiger partial charge in [0.25, 0.3) is 5.91 Å². The maximum atomic E-state index is 12.5. The lowest BCUT2D eigenvalue weighted by atomic mass is 10.2. The summed E-state index contributed by atoms with van der Waals surface area (Å²) in [6.45, 7) is 5.78. The molecule has 1 aromatic carbocycles. The van der Waals surface area contributed by atoms with E-state index in [9.17, 15) is 4.79 Å². The molecule has 3 aromatic heterocycles. The van der Waals surface area contributed by atoms with Crippen LogP contribution in [0.5, 0.6) is 0 Å². The number of furan rings is 1. The predicted octanol–water partition coefficient (Wildman–Crippen LogP) is 5.06. The molecule has 0 bridgehead atoms. The lowest BCUT2D eigenvalue weighted by molar-refractivity contribution is 0.0945. The smallest absolute Gasteiger partial charge is 0.270 e. The van der Waals surface area contributed by atoms with Gasteiger partial charge in [-0.3, -0.25) is 9.36 Å². The molecule has 4 heterocycles. The van der Waals surface area contributed by atoms with Crippen LogP contribution in [0.1, 0.15) is 33.9 Å². The summed E-state index contributed by atoms with van der Waals surface area (Å²) >= 11 is 9.28. The van der Waals surface area contributed by atoms with Crippen LogP contribution in [0.4, 0.5) is 0 Å². The number of thiazole rings is 1. The van der Waals surface area contributed by atoms with Crippen LogP contribution in [0.15, 0.2) is 51.5 Å². The van der Waals surface area contributed by atoms with E-state index >= 15 is 0 Å². The third-order valence-electron chi connectivity index (χ3n) is 5.81. The van der Waals surface area contributed by atoms with Crippen molar-refractivity contribution in [1.82, 2.24) is 30.0 Å². The predicted molar refractivity (Wildman–Crippen MR) is 138 cm³/mol. The number of hydrogen-bond donors (Lipinski definition) is 1. The first kappa shape index (κ1) is 24.1. The highest BCUT2D eigenvalue weighted by Crippen LogP contribution is 2.32. The van der Waals surface area contributed by atoms with Crippen molar-refractivity contribution in [1.29, 1.82) is 0 Å². The van der Waals surface area contributed by atoms with Crippen molar-refractivity contribution in [3.63, 3.8) is 0 Å². The Morgan fingerprint density at radius 3 is 2.91 bits per heavy atom. The molecule has 0 radical (unpaired) electrons. The Labute approximate surface area is 216 Å². The van der Waals surface area contributed by atoms with Gasteiger partial charge in [0.15, 0.2) is 10.9 Å². The molecule has 0 atom stereocenters. The quantitative estimate of drug-likeness (QED) is 0.303. The lowest BCUT2D eigenvalue weighted by Gasteiger charge is -2.14. The number of benzene rings is 1. The zero-order valence-corrected chi connectivity index (χ0v) is 21.6. The van der Waals surface area contributed by atoms with E-state index in [-0.39, 0.29) is 5.91 Å². The van der Waals surface area contributed by atoms with Crippen LogP contribution in [0, 0.1) is 6.92 Å². The Balaban J connectivity index is 1.29. The standard InChI is InChI=1S/C24H25ClN6O2S2/c1-16-6-7-17(25)13-19(16)31-22(20-5-4-12-33-20)28-29-24(31)35-15-21-27-18(14-34-21)23(32)26-8-11-30-9-2-3-10-30/h4-7,12-14H,2-3,8-11,15H2,1H3,(H,26,32). The molecule has 0 aliphatic carbocycles. The molecule has 0 spiro atoms. The third-order valence-corrected chi connectivity index (χ3v) is 8.02. The van der Waals surface area contributed by atoms with Gasteiger partial charge in [-0.25, -0.2) is 4.98 Å². The van der Waals surface area contributed by atoms with Crippen LogP contribution >= 0.6 is 34.7 Å². The molecule has 0 saturated carbocycles. The molecule has 1 N–H and O–H groups in total. The second-order valence-electron chi connectivity index (χ2n) is 8.27. The van der Waals surface area contributed by atoms with E-state index in [0.29, 0.717) is 39.8 Å². The second kappa shape index (κ2) is 10.9. The molecule has 0 unspecified atom stereocenters. The Bertz CT molecular complexity index is 1300. The van der Waals surface area contributed by atoms with Crippen molar-refractivity contribution in [3.8, 4) is 17.3 Å². The van der Waals surface area contributed by atoms with Gasteiger partial charge in [-0.1, -0.05) is 29.4 Å². The average molecular weight is 529 g/mol. The summed E-state index contributed by atoms with van der Waals surface area (Å²) in [7, 11) is 0. The monoisotopic (exact) mass is 528 g/mol. The molecule has 1 aliphatic heterocycles. The first-order valence-electron chi connectivity index (χ1n) is 11.4. The van der Waals surface area contributed by atoms with Gasteiger partial charge in [0.05, 0.1) is 17.7 Å². The first-order valence-corrected chi connectivity index (χ1v) is 13.7. The number of rotatable bonds is 9. The summed E-state index contributed by atoms with van der Waals surface area (Å²) in [5.74, 6) is 1.64. The van der Waals surface area contributed by atoms with Crippen molar-refractivity contribution in [2.24, 2.45) is 0 Å². The molecule has 1 saturated heterocycles. The lowest BCUT2D eigenvalue weighted by Crippen LogP contribution is -2.33. The summed E-state index contributed by atoms with van der Waals surface area (Å²) in [6, 6.07) is 9.39. The number of likely N-dealkylation sites (tertiary alicyclic amines) is 1. The molecule has 8 nitrogen and oxygen atoms in total. The van der Waals surface area contributed by atoms with Crippen molar-refractivity contribution < 1.29 is 9.21 Å². The summed E-state index contributed by atoms with van der Waals surface area (Å²) in [4.78, 5) is 19.4. The molecule has 1 aliphatic rings. The van der Waals surface area contributed by atoms with E-state index in [1.54, 1.807) is 11.6 Å². The van der Waals surface area contributed by atoms with Crippen molar-refractivity contribution in [2.75, 3.05) is 26.2 Å². The number of aromatic nitrogens is 4. The minimum atomic E-state index is -0.130. The number of nitrogens with one attached hydrogen (secondary N) is 1. The minimum absolute atomic E-state index is 0.130. The Morgan fingerprint density at radius 1 is 1.26 bits per heavy atom. The zero-order valence-electron chi connectivity index (χ0n) is 19.2. The van der Waals surface area contributed by atoms with Gasteiger partial charge in [0, 0.05) is 23.5 Å². The Hall–Kier alpha value is -2.66. The summed E-state index contributed by atoms with van der Waals surface area (Å²) < 4.78 is 7.55. The highest BCUT2D eigenvalue weighted by Gasteiger charge is 2.20. The Morgan fingerprint density at radius 2 is 2.11 bits per heavy atom. The van der Waals surface area contributed by atoms with Crippen LogP contribution in [0.2, 0.25) is 5.02 Å². The number of amides is 1. The van der Waals surface area contributed by atoms with Crippen LogP contribution in [-0.2, 0) is 5.75 Å². The van der Waals surface area contributed by atoms with Crippen LogP contribution < -0.4 is 5.32 Å². The van der Waals surface area contributed by atoms with Gasteiger partial charge in [0.2, 0.25) is 5.82 Å². The Kier molecular flexibility index (Phi) is 7.52. The highest BCUT2D eigenvalue weighted by atomic mass is 35.5. The number of aryl methyl sites for hydroxylation is 1. The van der Waals surface area contributed by atoms with Crippen LogP contribution in [-0.4, -0.2) is 56.7 Å². The number of thioether (sulfide) groups is 1. The summed E-state index contributed by atoms with van der Waals surface area (Å²) in [5, 5.41) is 15.8. The fourth-order valence-corrected chi connectivity index (χ4v) is 5.90. The van der Waals surface area contributed by atoms with Gasteiger partial charge >= 0.3 is 0 Å². The van der Waals surface area contributed by atoms with Gasteiger partial charge in [-0.2, -0.15) is 0 Å².